The van der Waals surface area contributed by atoms with Gasteiger partial charge in [0.05, 0.1) is 11.7 Å². The van der Waals surface area contributed by atoms with E-state index in [1.807, 2.05) is 11.7 Å². The second-order valence-electron chi connectivity index (χ2n) is 6.45. The van der Waals surface area contributed by atoms with Crippen LogP contribution in [-0.4, -0.2) is 41.4 Å². The Morgan fingerprint density at radius 2 is 2.04 bits per heavy atom. The molecule has 0 spiro atoms. The minimum atomic E-state index is 0.281. The topological polar surface area (TPSA) is 146 Å². The van der Waals surface area contributed by atoms with Crippen LogP contribution in [0.5, 0.6) is 5.75 Å². The zero-order chi connectivity index (χ0) is 17.4. The average molecular weight is 343 g/mol. The van der Waals surface area contributed by atoms with Gasteiger partial charge in [-0.3, -0.25) is 0 Å². The zero-order valence-electron chi connectivity index (χ0n) is 14.0. The van der Waals surface area contributed by atoms with Crippen molar-refractivity contribution in [3.05, 3.63) is 17.5 Å². The molecule has 4 rings (SSSR count). The molecule has 5 N–H and O–H groups in total. The van der Waals surface area contributed by atoms with Crippen LogP contribution in [0.1, 0.15) is 43.1 Å². The van der Waals surface area contributed by atoms with Crippen molar-refractivity contribution in [1.82, 2.24) is 35.4 Å². The number of nitrogen functional groups attached to an aromatic ring is 1. The number of pyridine rings is 1. The lowest BCUT2D eigenvalue weighted by molar-refractivity contribution is 0.271. The second-order valence-corrected chi connectivity index (χ2v) is 6.45. The largest absolute Gasteiger partial charge is 0.485 e. The molecule has 3 aromatic rings. The Hall–Kier alpha value is -2.75. The maximum absolute atomic E-state index is 5.97. The van der Waals surface area contributed by atoms with E-state index in [-0.39, 0.29) is 6.61 Å². The van der Waals surface area contributed by atoms with Crippen LogP contribution in [0.15, 0.2) is 6.07 Å². The van der Waals surface area contributed by atoms with Crippen molar-refractivity contribution in [2.24, 2.45) is 5.73 Å². The second kappa shape index (κ2) is 6.28. The third kappa shape index (κ3) is 3.12. The molecular weight excluding hydrogens is 322 g/mol. The summed E-state index contributed by atoms with van der Waals surface area (Å²) in [6.07, 6.45) is 4.04. The summed E-state index contributed by atoms with van der Waals surface area (Å²) in [5, 5.41) is 19.7. The van der Waals surface area contributed by atoms with Crippen molar-refractivity contribution < 1.29 is 4.74 Å². The summed E-state index contributed by atoms with van der Waals surface area (Å²) in [6.45, 7) is 2.22. The van der Waals surface area contributed by atoms with Crippen molar-refractivity contribution in [2.75, 3.05) is 5.73 Å². The van der Waals surface area contributed by atoms with Gasteiger partial charge in [0.2, 0.25) is 5.65 Å². The molecule has 1 aliphatic carbocycles. The number of hydrogen-bond acceptors (Lipinski definition) is 8. The number of H-pyrrole nitrogens is 1. The molecule has 132 valence electrons. The Labute approximate surface area is 143 Å². The zero-order valence-corrected chi connectivity index (χ0v) is 14.0. The Morgan fingerprint density at radius 3 is 2.84 bits per heavy atom. The number of anilines is 1. The maximum atomic E-state index is 5.97. The number of fused-ring (bicyclic) bond motifs is 1. The molecule has 0 unspecified atom stereocenters. The molecule has 0 aromatic carbocycles. The number of nitrogens with one attached hydrogen (secondary N) is 1. The first-order valence-corrected chi connectivity index (χ1v) is 8.38. The Bertz CT molecular complexity index is 878. The van der Waals surface area contributed by atoms with E-state index in [1.165, 1.54) is 0 Å². The van der Waals surface area contributed by atoms with Crippen LogP contribution in [-0.2, 0) is 6.61 Å². The van der Waals surface area contributed by atoms with Crippen molar-refractivity contribution in [3.63, 3.8) is 0 Å². The first-order valence-electron chi connectivity index (χ1n) is 8.38. The van der Waals surface area contributed by atoms with E-state index in [1.54, 1.807) is 6.07 Å². The van der Waals surface area contributed by atoms with Gasteiger partial charge in [0.25, 0.3) is 0 Å². The van der Waals surface area contributed by atoms with Gasteiger partial charge in [-0.1, -0.05) is 0 Å². The van der Waals surface area contributed by atoms with Crippen molar-refractivity contribution in [2.45, 2.75) is 51.3 Å². The summed E-state index contributed by atoms with van der Waals surface area (Å²) >= 11 is 0. The molecule has 0 aliphatic heterocycles. The van der Waals surface area contributed by atoms with E-state index >= 15 is 0 Å². The third-order valence-electron chi connectivity index (χ3n) is 4.60. The van der Waals surface area contributed by atoms with E-state index in [0.717, 1.165) is 37.1 Å². The molecule has 3 aromatic heterocycles. The fraction of sp³-hybridized carbons (Fsp3) is 0.533. The number of aromatic amines is 1. The predicted octanol–water partition coefficient (Wildman–Crippen LogP) is 0.856. The normalized spacial score (nSPS) is 20.9. The summed E-state index contributed by atoms with van der Waals surface area (Å²) in [4.78, 5) is 5.90. The van der Waals surface area contributed by atoms with Gasteiger partial charge in [0.1, 0.15) is 18.1 Å². The fourth-order valence-electron chi connectivity index (χ4n) is 3.14. The Morgan fingerprint density at radius 1 is 1.24 bits per heavy atom. The van der Waals surface area contributed by atoms with Gasteiger partial charge in [-0.25, -0.2) is 4.98 Å². The number of ether oxygens (including phenoxy) is 1. The molecule has 10 nitrogen and oxygen atoms in total. The van der Waals surface area contributed by atoms with Crippen LogP contribution < -0.4 is 16.2 Å². The molecule has 0 saturated heterocycles. The Balaban J connectivity index is 1.50. The smallest absolute Gasteiger partial charge is 0.207 e. The molecule has 0 atom stereocenters. The predicted molar refractivity (Wildman–Crippen MR) is 90.7 cm³/mol. The quantitative estimate of drug-likeness (QED) is 0.632. The van der Waals surface area contributed by atoms with Crippen LogP contribution >= 0.6 is 0 Å². The maximum Gasteiger partial charge on any atom is 0.207 e. The molecule has 0 amide bonds. The van der Waals surface area contributed by atoms with Gasteiger partial charge >= 0.3 is 0 Å². The highest BCUT2D eigenvalue weighted by atomic mass is 16.5. The summed E-state index contributed by atoms with van der Waals surface area (Å²) in [6, 6.07) is 2.25. The standard InChI is InChI=1S/C15H21N9O/c1-8-11(22-24(21-8)10-4-2-9(16)3-5-10)7-25-12-6-13(17)18-15-14(12)19-23-20-15/h6,9-10H,2-5,7,16H2,1H3,(H3,17,18,19,20,23). The van der Waals surface area contributed by atoms with Gasteiger partial charge < -0.3 is 16.2 Å². The number of aromatic nitrogens is 7. The third-order valence-corrected chi connectivity index (χ3v) is 4.60. The molecule has 25 heavy (non-hydrogen) atoms. The van der Waals surface area contributed by atoms with Crippen molar-refractivity contribution in [1.29, 1.82) is 0 Å². The van der Waals surface area contributed by atoms with Crippen LogP contribution in [0, 0.1) is 6.92 Å². The fourth-order valence-corrected chi connectivity index (χ4v) is 3.14. The summed E-state index contributed by atoms with van der Waals surface area (Å²) in [7, 11) is 0. The van der Waals surface area contributed by atoms with E-state index in [9.17, 15) is 0 Å². The van der Waals surface area contributed by atoms with Crippen molar-refractivity contribution >= 4 is 17.0 Å². The van der Waals surface area contributed by atoms with Gasteiger partial charge in [0, 0.05) is 12.1 Å². The van der Waals surface area contributed by atoms with E-state index in [2.05, 4.69) is 30.6 Å². The molecule has 1 aliphatic rings. The molecule has 1 fully saturated rings. The van der Waals surface area contributed by atoms with Crippen molar-refractivity contribution in [3.8, 4) is 5.75 Å². The first-order chi connectivity index (χ1) is 12.1. The highest BCUT2D eigenvalue weighted by Gasteiger charge is 2.22. The van der Waals surface area contributed by atoms with E-state index in [4.69, 9.17) is 16.2 Å². The highest BCUT2D eigenvalue weighted by Crippen LogP contribution is 2.27. The monoisotopic (exact) mass is 343 g/mol. The summed E-state index contributed by atoms with van der Waals surface area (Å²) < 4.78 is 5.86. The highest BCUT2D eigenvalue weighted by molar-refractivity contribution is 5.78. The number of nitrogens with zero attached hydrogens (tertiary/aromatic N) is 6. The Kier molecular flexibility index (Phi) is 3.96. The molecule has 0 radical (unpaired) electrons. The minimum Gasteiger partial charge on any atom is -0.485 e. The molecule has 10 heteroatoms. The number of nitrogens with two attached hydrogens (primary N) is 2. The van der Waals surface area contributed by atoms with Crippen LogP contribution in [0.4, 0.5) is 5.82 Å². The van der Waals surface area contributed by atoms with Gasteiger partial charge in [-0.15, -0.1) is 5.10 Å². The lowest BCUT2D eigenvalue weighted by Gasteiger charge is -2.25. The molecule has 3 heterocycles. The van der Waals surface area contributed by atoms with E-state index in [0.29, 0.717) is 34.8 Å². The van der Waals surface area contributed by atoms with Gasteiger partial charge in [-0.2, -0.15) is 25.3 Å². The molecule has 0 bridgehead atoms. The van der Waals surface area contributed by atoms with Crippen LogP contribution in [0.25, 0.3) is 11.2 Å². The SMILES string of the molecule is Cc1nn(C2CCC(N)CC2)nc1COc1cc(N)nc2n[nH]nc12. The summed E-state index contributed by atoms with van der Waals surface area (Å²) in [5.74, 6) is 0.851. The summed E-state index contributed by atoms with van der Waals surface area (Å²) in [5.41, 5.74) is 14.4. The molecular formula is C15H21N9O. The lowest BCUT2D eigenvalue weighted by atomic mass is 9.92. The molecule has 1 saturated carbocycles. The average Bonchev–Trinajstić information content (AvgIpc) is 3.20. The van der Waals surface area contributed by atoms with Crippen LogP contribution in [0.3, 0.4) is 0 Å². The van der Waals surface area contributed by atoms with E-state index < -0.39 is 0 Å². The number of aryl methyl sites for hydroxylation is 1. The minimum absolute atomic E-state index is 0.281. The number of rotatable bonds is 4. The van der Waals surface area contributed by atoms with Gasteiger partial charge in [0.15, 0.2) is 11.3 Å². The number of hydrogen-bond donors (Lipinski definition) is 3. The lowest BCUT2D eigenvalue weighted by Crippen LogP contribution is -2.28. The van der Waals surface area contributed by atoms with Gasteiger partial charge in [-0.05, 0) is 32.6 Å². The first kappa shape index (κ1) is 15.8. The van der Waals surface area contributed by atoms with Crippen LogP contribution in [0.2, 0.25) is 0 Å².